The second-order valence-electron chi connectivity index (χ2n) is 6.82. The molecule has 1 aromatic carbocycles. The summed E-state index contributed by atoms with van der Waals surface area (Å²) in [6, 6.07) is 8.17. The fourth-order valence-corrected chi connectivity index (χ4v) is 2.93. The molecule has 2 rings (SSSR count). The zero-order valence-electron chi connectivity index (χ0n) is 14.6. The third kappa shape index (κ3) is 7.02. The Balaban J connectivity index is 0.00000288. The van der Waals surface area contributed by atoms with Crippen LogP contribution in [0.2, 0.25) is 0 Å². The molecule has 1 fully saturated rings. The van der Waals surface area contributed by atoms with Crippen molar-refractivity contribution in [3.05, 3.63) is 35.4 Å². The highest BCUT2D eigenvalue weighted by molar-refractivity contribution is 5.97. The average molecular weight is 353 g/mol. The lowest BCUT2D eigenvalue weighted by molar-refractivity contribution is -0.121. The SMILES string of the molecule is CC(C)Cc1ccc(C(=O)CCC(=O)NCC2CCCN2)cc1.Cl. The molecule has 0 aliphatic carbocycles. The molecule has 1 atom stereocenters. The number of amides is 1. The van der Waals surface area contributed by atoms with Crippen LogP contribution in [0.3, 0.4) is 0 Å². The number of rotatable bonds is 8. The first-order valence-corrected chi connectivity index (χ1v) is 8.67. The molecule has 4 nitrogen and oxygen atoms in total. The van der Waals surface area contributed by atoms with E-state index < -0.39 is 0 Å². The minimum Gasteiger partial charge on any atom is -0.355 e. The van der Waals surface area contributed by atoms with E-state index in [4.69, 9.17) is 0 Å². The minimum atomic E-state index is -0.0384. The summed E-state index contributed by atoms with van der Waals surface area (Å²) in [4.78, 5) is 24.0. The molecule has 2 N–H and O–H groups in total. The van der Waals surface area contributed by atoms with E-state index in [0.29, 0.717) is 24.1 Å². The number of halogens is 1. The normalized spacial score (nSPS) is 16.7. The van der Waals surface area contributed by atoms with E-state index in [1.807, 2.05) is 24.3 Å². The molecule has 0 saturated carbocycles. The van der Waals surface area contributed by atoms with Gasteiger partial charge in [0.2, 0.25) is 5.91 Å². The van der Waals surface area contributed by atoms with Crippen LogP contribution in [0.15, 0.2) is 24.3 Å². The molecule has 0 bridgehead atoms. The molecular weight excluding hydrogens is 324 g/mol. The van der Waals surface area contributed by atoms with Crippen LogP contribution in [0.4, 0.5) is 0 Å². The van der Waals surface area contributed by atoms with E-state index in [1.165, 1.54) is 12.0 Å². The summed E-state index contributed by atoms with van der Waals surface area (Å²) in [5.74, 6) is 0.605. The topological polar surface area (TPSA) is 58.2 Å². The maximum Gasteiger partial charge on any atom is 0.220 e. The quantitative estimate of drug-likeness (QED) is 0.707. The minimum absolute atomic E-state index is 0. The van der Waals surface area contributed by atoms with E-state index in [-0.39, 0.29) is 36.9 Å². The molecule has 0 radical (unpaired) electrons. The van der Waals surface area contributed by atoms with Crippen LogP contribution in [0.5, 0.6) is 0 Å². The van der Waals surface area contributed by atoms with Gasteiger partial charge in [0, 0.05) is 31.0 Å². The molecule has 1 aromatic rings. The van der Waals surface area contributed by atoms with Crippen LogP contribution in [0.1, 0.15) is 55.5 Å². The summed E-state index contributed by atoms with van der Waals surface area (Å²) in [5.41, 5.74) is 1.95. The van der Waals surface area contributed by atoms with Crippen molar-refractivity contribution in [2.24, 2.45) is 5.92 Å². The van der Waals surface area contributed by atoms with Crippen molar-refractivity contribution < 1.29 is 9.59 Å². The lowest BCUT2D eigenvalue weighted by atomic mass is 9.99. The molecule has 1 aliphatic heterocycles. The van der Waals surface area contributed by atoms with Crippen LogP contribution in [0, 0.1) is 5.92 Å². The van der Waals surface area contributed by atoms with Crippen LogP contribution in [-0.4, -0.2) is 30.8 Å². The van der Waals surface area contributed by atoms with Crippen molar-refractivity contribution >= 4 is 24.1 Å². The van der Waals surface area contributed by atoms with E-state index in [2.05, 4.69) is 24.5 Å². The third-order valence-electron chi connectivity index (χ3n) is 4.21. The molecule has 134 valence electrons. The van der Waals surface area contributed by atoms with Crippen molar-refractivity contribution in [3.8, 4) is 0 Å². The van der Waals surface area contributed by atoms with Gasteiger partial charge in [-0.15, -0.1) is 12.4 Å². The summed E-state index contributed by atoms with van der Waals surface area (Å²) >= 11 is 0. The van der Waals surface area contributed by atoms with Crippen LogP contribution in [0.25, 0.3) is 0 Å². The molecule has 1 aliphatic rings. The molecular formula is C19H29ClN2O2. The highest BCUT2D eigenvalue weighted by Gasteiger charge is 2.15. The monoisotopic (exact) mass is 352 g/mol. The van der Waals surface area contributed by atoms with E-state index >= 15 is 0 Å². The van der Waals surface area contributed by atoms with E-state index in [1.54, 1.807) is 0 Å². The lowest BCUT2D eigenvalue weighted by Crippen LogP contribution is -2.37. The standard InChI is InChI=1S/C19H28N2O2.ClH/c1-14(2)12-15-5-7-16(8-6-15)18(22)9-10-19(23)21-13-17-4-3-11-20-17;/h5-8,14,17,20H,3-4,9-13H2,1-2H3,(H,21,23);1H. The summed E-state index contributed by atoms with van der Waals surface area (Å²) in [7, 11) is 0. The van der Waals surface area contributed by atoms with Gasteiger partial charge in [-0.3, -0.25) is 9.59 Å². The highest BCUT2D eigenvalue weighted by Crippen LogP contribution is 2.12. The number of benzene rings is 1. The largest absolute Gasteiger partial charge is 0.355 e. The van der Waals surface area contributed by atoms with Gasteiger partial charge in [-0.05, 0) is 37.3 Å². The summed E-state index contributed by atoms with van der Waals surface area (Å²) in [6.45, 7) is 6.06. The van der Waals surface area contributed by atoms with Gasteiger partial charge in [0.05, 0.1) is 0 Å². The van der Waals surface area contributed by atoms with Crippen molar-refractivity contribution in [1.29, 1.82) is 0 Å². The Kier molecular flexibility index (Phi) is 9.01. The van der Waals surface area contributed by atoms with Gasteiger partial charge in [-0.2, -0.15) is 0 Å². The maximum absolute atomic E-state index is 12.2. The predicted molar refractivity (Wildman–Crippen MR) is 99.8 cm³/mol. The Bertz CT molecular complexity index is 523. The molecule has 1 heterocycles. The number of hydrogen-bond acceptors (Lipinski definition) is 3. The summed E-state index contributed by atoms with van der Waals surface area (Å²) in [5, 5.41) is 6.25. The Hall–Kier alpha value is -1.39. The Morgan fingerprint density at radius 3 is 2.50 bits per heavy atom. The number of ketones is 1. The first-order valence-electron chi connectivity index (χ1n) is 8.67. The van der Waals surface area contributed by atoms with Gasteiger partial charge in [0.1, 0.15) is 0 Å². The number of hydrogen-bond donors (Lipinski definition) is 2. The van der Waals surface area contributed by atoms with E-state index in [0.717, 1.165) is 19.4 Å². The van der Waals surface area contributed by atoms with Crippen LogP contribution < -0.4 is 10.6 Å². The zero-order valence-corrected chi connectivity index (χ0v) is 15.5. The van der Waals surface area contributed by atoms with Gasteiger partial charge < -0.3 is 10.6 Å². The fraction of sp³-hybridized carbons (Fsp3) is 0.579. The number of carbonyl (C=O) groups excluding carboxylic acids is 2. The highest BCUT2D eigenvalue weighted by atomic mass is 35.5. The lowest BCUT2D eigenvalue weighted by Gasteiger charge is -2.11. The Morgan fingerprint density at radius 2 is 1.92 bits per heavy atom. The molecule has 5 heteroatoms. The molecule has 0 spiro atoms. The molecule has 0 aromatic heterocycles. The first-order chi connectivity index (χ1) is 11.0. The van der Waals surface area contributed by atoms with Crippen LogP contribution in [-0.2, 0) is 11.2 Å². The molecule has 24 heavy (non-hydrogen) atoms. The zero-order chi connectivity index (χ0) is 16.7. The van der Waals surface area contributed by atoms with Crippen molar-refractivity contribution in [2.45, 2.75) is 52.0 Å². The summed E-state index contributed by atoms with van der Waals surface area (Å²) < 4.78 is 0. The average Bonchev–Trinajstić information content (AvgIpc) is 3.04. The number of carbonyl (C=O) groups is 2. The number of nitrogens with one attached hydrogen (secondary N) is 2. The van der Waals surface area contributed by atoms with Crippen molar-refractivity contribution in [2.75, 3.05) is 13.1 Å². The molecule has 1 unspecified atom stereocenters. The van der Waals surface area contributed by atoms with Crippen LogP contribution >= 0.6 is 12.4 Å². The molecule has 1 saturated heterocycles. The van der Waals surface area contributed by atoms with Gasteiger partial charge in [0.15, 0.2) is 5.78 Å². The van der Waals surface area contributed by atoms with Gasteiger partial charge in [0.25, 0.3) is 0 Å². The van der Waals surface area contributed by atoms with Gasteiger partial charge >= 0.3 is 0 Å². The Labute approximate surface area is 151 Å². The van der Waals surface area contributed by atoms with E-state index in [9.17, 15) is 9.59 Å². The smallest absolute Gasteiger partial charge is 0.220 e. The van der Waals surface area contributed by atoms with Crippen molar-refractivity contribution in [3.63, 3.8) is 0 Å². The second kappa shape index (κ2) is 10.5. The van der Waals surface area contributed by atoms with Gasteiger partial charge in [-0.1, -0.05) is 38.1 Å². The van der Waals surface area contributed by atoms with Crippen molar-refractivity contribution in [1.82, 2.24) is 10.6 Å². The first kappa shape index (κ1) is 20.7. The maximum atomic E-state index is 12.2. The summed E-state index contributed by atoms with van der Waals surface area (Å²) in [6.07, 6.45) is 3.84. The predicted octanol–water partition coefficient (Wildman–Crippen LogP) is 3.14. The molecule has 1 amide bonds. The Morgan fingerprint density at radius 1 is 1.21 bits per heavy atom. The second-order valence-corrected chi connectivity index (χ2v) is 6.82. The number of Topliss-reactive ketones (excluding diaryl/α,β-unsaturated/α-hetero) is 1. The fourth-order valence-electron chi connectivity index (χ4n) is 2.93. The van der Waals surface area contributed by atoms with Gasteiger partial charge in [-0.25, -0.2) is 0 Å². The third-order valence-corrected chi connectivity index (χ3v) is 4.21.